The molecular weight excluding hydrogens is 430 g/mol. The van der Waals surface area contributed by atoms with Crippen molar-refractivity contribution in [1.29, 1.82) is 0 Å². The summed E-state index contributed by atoms with van der Waals surface area (Å²) < 4.78 is 5.67. The highest BCUT2D eigenvalue weighted by molar-refractivity contribution is 6.04. The number of anilines is 1. The van der Waals surface area contributed by atoms with Gasteiger partial charge in [0.15, 0.2) is 6.61 Å². The van der Waals surface area contributed by atoms with Gasteiger partial charge in [-0.2, -0.15) is 0 Å². The number of ether oxygens (including phenoxy) is 1. The van der Waals surface area contributed by atoms with Crippen LogP contribution in [0.2, 0.25) is 0 Å². The fourth-order valence-electron chi connectivity index (χ4n) is 4.06. The lowest BCUT2D eigenvalue weighted by Gasteiger charge is -2.26. The van der Waals surface area contributed by atoms with Gasteiger partial charge in [0.1, 0.15) is 11.8 Å². The Balaban J connectivity index is 1.74. The molecule has 2 aromatic rings. The second-order valence-electron chi connectivity index (χ2n) is 10.1. The molecule has 0 saturated carbocycles. The maximum Gasteiger partial charge on any atom is 0.258 e. The van der Waals surface area contributed by atoms with Crippen molar-refractivity contribution >= 4 is 23.4 Å². The highest BCUT2D eigenvalue weighted by Gasteiger charge is 2.32. The monoisotopic (exact) mass is 465 g/mol. The zero-order valence-electron chi connectivity index (χ0n) is 20.7. The summed E-state index contributed by atoms with van der Waals surface area (Å²) in [4.78, 5) is 40.6. The Morgan fingerprint density at radius 1 is 1.03 bits per heavy atom. The predicted octanol–water partition coefficient (Wildman–Crippen LogP) is 3.71. The highest BCUT2D eigenvalue weighted by Crippen LogP contribution is 2.29. The van der Waals surface area contributed by atoms with Gasteiger partial charge in [-0.25, -0.2) is 0 Å². The SMILES string of the molecule is CC(C)C[C@H](NC(=O)c1ccccc1OCC(=O)NC(C)(C)C)C(=O)N1CCc2ccccc21. The number of benzene rings is 2. The van der Waals surface area contributed by atoms with E-state index in [2.05, 4.69) is 10.6 Å². The van der Waals surface area contributed by atoms with Gasteiger partial charge in [0.2, 0.25) is 5.91 Å². The van der Waals surface area contributed by atoms with Crippen molar-refractivity contribution in [3.8, 4) is 5.75 Å². The average Bonchev–Trinajstić information content (AvgIpc) is 3.19. The third-order valence-corrected chi connectivity index (χ3v) is 5.47. The Hall–Kier alpha value is -3.35. The third kappa shape index (κ3) is 6.59. The molecule has 2 aromatic carbocycles. The van der Waals surface area contributed by atoms with Crippen molar-refractivity contribution < 1.29 is 19.1 Å². The summed E-state index contributed by atoms with van der Waals surface area (Å²) in [6.45, 7) is 10.1. The molecule has 7 heteroatoms. The maximum atomic E-state index is 13.5. The van der Waals surface area contributed by atoms with Crippen LogP contribution in [0.3, 0.4) is 0 Å². The number of carbonyl (C=O) groups is 3. The molecule has 0 spiro atoms. The van der Waals surface area contributed by atoms with Gasteiger partial charge >= 0.3 is 0 Å². The van der Waals surface area contributed by atoms with Gasteiger partial charge in [-0.15, -0.1) is 0 Å². The van der Waals surface area contributed by atoms with E-state index in [1.165, 1.54) is 0 Å². The summed E-state index contributed by atoms with van der Waals surface area (Å²) in [5, 5.41) is 5.76. The number of hydrogen-bond donors (Lipinski definition) is 2. The van der Waals surface area contributed by atoms with Crippen LogP contribution in [-0.4, -0.2) is 42.5 Å². The van der Waals surface area contributed by atoms with Gasteiger partial charge in [0.05, 0.1) is 5.56 Å². The van der Waals surface area contributed by atoms with E-state index in [0.29, 0.717) is 18.7 Å². The minimum absolute atomic E-state index is 0.116. The molecule has 1 atom stereocenters. The molecule has 0 unspecified atom stereocenters. The van der Waals surface area contributed by atoms with E-state index >= 15 is 0 Å². The Bertz CT molecular complexity index is 1040. The van der Waals surface area contributed by atoms with Crippen molar-refractivity contribution in [2.75, 3.05) is 18.1 Å². The van der Waals surface area contributed by atoms with E-state index in [1.807, 2.05) is 58.9 Å². The Labute approximate surface area is 201 Å². The van der Waals surface area contributed by atoms with Gasteiger partial charge < -0.3 is 20.3 Å². The molecule has 3 amide bonds. The zero-order valence-corrected chi connectivity index (χ0v) is 20.7. The van der Waals surface area contributed by atoms with E-state index in [9.17, 15) is 14.4 Å². The summed E-state index contributed by atoms with van der Waals surface area (Å²) in [5.41, 5.74) is 1.95. The van der Waals surface area contributed by atoms with Crippen LogP contribution < -0.4 is 20.3 Å². The molecule has 1 heterocycles. The number of hydrogen-bond acceptors (Lipinski definition) is 4. The normalized spacial score (nSPS) is 13.9. The second-order valence-corrected chi connectivity index (χ2v) is 10.1. The molecule has 0 aromatic heterocycles. The zero-order chi connectivity index (χ0) is 24.9. The quantitative estimate of drug-likeness (QED) is 0.622. The second kappa shape index (κ2) is 10.7. The maximum absolute atomic E-state index is 13.5. The minimum atomic E-state index is -0.670. The fraction of sp³-hybridized carbons (Fsp3) is 0.444. The first-order valence-electron chi connectivity index (χ1n) is 11.8. The predicted molar refractivity (Wildman–Crippen MR) is 133 cm³/mol. The minimum Gasteiger partial charge on any atom is -0.483 e. The molecule has 0 radical (unpaired) electrons. The van der Waals surface area contributed by atoms with Crippen LogP contribution in [-0.2, 0) is 16.0 Å². The fourth-order valence-corrected chi connectivity index (χ4v) is 4.06. The van der Waals surface area contributed by atoms with Crippen LogP contribution >= 0.6 is 0 Å². The van der Waals surface area contributed by atoms with Crippen LogP contribution in [0.1, 0.15) is 57.0 Å². The topological polar surface area (TPSA) is 87.7 Å². The molecule has 2 N–H and O–H groups in total. The number of para-hydroxylation sites is 2. The van der Waals surface area contributed by atoms with Gasteiger partial charge in [-0.1, -0.05) is 44.2 Å². The molecule has 1 aliphatic heterocycles. The number of nitrogens with zero attached hydrogens (tertiary/aromatic N) is 1. The first kappa shape index (κ1) is 25.3. The Morgan fingerprint density at radius 2 is 1.71 bits per heavy atom. The smallest absolute Gasteiger partial charge is 0.258 e. The molecule has 1 aliphatic rings. The van der Waals surface area contributed by atoms with Crippen LogP contribution in [0.4, 0.5) is 5.69 Å². The average molecular weight is 466 g/mol. The van der Waals surface area contributed by atoms with Gasteiger partial charge in [-0.05, 0) is 63.3 Å². The molecule has 0 aliphatic carbocycles. The highest BCUT2D eigenvalue weighted by atomic mass is 16.5. The van der Waals surface area contributed by atoms with Gasteiger partial charge in [0, 0.05) is 17.8 Å². The summed E-state index contributed by atoms with van der Waals surface area (Å²) >= 11 is 0. The van der Waals surface area contributed by atoms with Crippen molar-refractivity contribution in [3.63, 3.8) is 0 Å². The molecule has 182 valence electrons. The molecule has 3 rings (SSSR count). The Morgan fingerprint density at radius 3 is 2.41 bits per heavy atom. The number of amides is 3. The van der Waals surface area contributed by atoms with Gasteiger partial charge in [-0.3, -0.25) is 14.4 Å². The lowest BCUT2D eigenvalue weighted by molar-refractivity contribution is -0.124. The summed E-state index contributed by atoms with van der Waals surface area (Å²) in [5.74, 6) is -0.289. The third-order valence-electron chi connectivity index (χ3n) is 5.47. The lowest BCUT2D eigenvalue weighted by Crippen LogP contribution is -2.49. The largest absolute Gasteiger partial charge is 0.483 e. The van der Waals surface area contributed by atoms with Crippen LogP contribution in [0, 0.1) is 5.92 Å². The molecule has 34 heavy (non-hydrogen) atoms. The molecular formula is C27H35N3O4. The van der Waals surface area contributed by atoms with E-state index in [4.69, 9.17) is 4.74 Å². The van der Waals surface area contributed by atoms with Crippen LogP contribution in [0.15, 0.2) is 48.5 Å². The lowest BCUT2D eigenvalue weighted by atomic mass is 10.0. The number of carbonyl (C=O) groups excluding carboxylic acids is 3. The summed E-state index contributed by atoms with van der Waals surface area (Å²) in [6.07, 6.45) is 1.32. The van der Waals surface area contributed by atoms with E-state index < -0.39 is 11.9 Å². The van der Waals surface area contributed by atoms with E-state index in [1.54, 1.807) is 29.2 Å². The summed E-state index contributed by atoms with van der Waals surface area (Å²) in [6, 6.07) is 13.9. The summed E-state index contributed by atoms with van der Waals surface area (Å²) in [7, 11) is 0. The first-order chi connectivity index (χ1) is 16.0. The first-order valence-corrected chi connectivity index (χ1v) is 11.8. The van der Waals surface area contributed by atoms with Crippen molar-refractivity contribution in [3.05, 3.63) is 59.7 Å². The molecule has 0 fully saturated rings. The molecule has 7 nitrogen and oxygen atoms in total. The van der Waals surface area contributed by atoms with Crippen LogP contribution in [0.5, 0.6) is 5.75 Å². The van der Waals surface area contributed by atoms with Crippen molar-refractivity contribution in [2.45, 2.75) is 59.0 Å². The van der Waals surface area contributed by atoms with Crippen molar-refractivity contribution in [2.24, 2.45) is 5.92 Å². The molecule has 0 bridgehead atoms. The molecule has 0 saturated heterocycles. The standard InChI is InChI=1S/C27H35N3O4/c1-18(2)16-21(26(33)30-15-14-19-10-6-8-12-22(19)30)28-25(32)20-11-7-9-13-23(20)34-17-24(31)29-27(3,4)5/h6-13,18,21H,14-17H2,1-5H3,(H,28,32)(H,29,31)/t21-/m0/s1. The number of nitrogens with one attached hydrogen (secondary N) is 2. The number of rotatable bonds is 8. The van der Waals surface area contributed by atoms with Crippen molar-refractivity contribution in [1.82, 2.24) is 10.6 Å². The van der Waals surface area contributed by atoms with Gasteiger partial charge in [0.25, 0.3) is 11.8 Å². The van der Waals surface area contributed by atoms with E-state index in [-0.39, 0.29) is 35.4 Å². The van der Waals surface area contributed by atoms with E-state index in [0.717, 1.165) is 17.7 Å². The number of fused-ring (bicyclic) bond motifs is 1. The Kier molecular flexibility index (Phi) is 7.97. The van der Waals surface area contributed by atoms with Crippen LogP contribution in [0.25, 0.3) is 0 Å².